The van der Waals surface area contributed by atoms with Gasteiger partial charge in [-0.1, -0.05) is 35.9 Å². The minimum atomic E-state index is 0.465. The highest BCUT2D eigenvalue weighted by Crippen LogP contribution is 2.36. The molecule has 1 atom stereocenters. The van der Waals surface area contributed by atoms with E-state index < -0.39 is 0 Å². The van der Waals surface area contributed by atoms with Crippen molar-refractivity contribution in [2.24, 2.45) is 0 Å². The number of hydrogen-bond acceptors (Lipinski definition) is 3. The minimum absolute atomic E-state index is 0.465. The molecule has 1 aromatic heterocycles. The van der Waals surface area contributed by atoms with Crippen LogP contribution in [0, 0.1) is 0 Å². The van der Waals surface area contributed by atoms with Crippen LogP contribution in [0.3, 0.4) is 0 Å². The molecule has 0 bridgehead atoms. The molecule has 1 aliphatic heterocycles. The first-order valence-electron chi connectivity index (χ1n) is 9.11. The number of hydrogen-bond donors (Lipinski definition) is 1. The van der Waals surface area contributed by atoms with Crippen molar-refractivity contribution in [3.8, 4) is 17.1 Å². The number of aromatic nitrogens is 2. The van der Waals surface area contributed by atoms with Gasteiger partial charge in [-0.2, -0.15) is 0 Å². The van der Waals surface area contributed by atoms with Gasteiger partial charge in [0.1, 0.15) is 18.2 Å². The van der Waals surface area contributed by atoms with E-state index in [4.69, 9.17) is 21.3 Å². The SMILES string of the molecule is Clc1ccccc1-c1nc2c([nH]1)CC(N1CCOc3ccccc31)CC2. The maximum atomic E-state index is 6.35. The lowest BCUT2D eigenvalue weighted by molar-refractivity contribution is 0.296. The van der Waals surface area contributed by atoms with Crippen LogP contribution in [-0.4, -0.2) is 29.2 Å². The lowest BCUT2D eigenvalue weighted by Crippen LogP contribution is -2.44. The monoisotopic (exact) mass is 365 g/mol. The summed E-state index contributed by atoms with van der Waals surface area (Å²) < 4.78 is 5.81. The second-order valence-corrected chi connectivity index (χ2v) is 7.30. The number of rotatable bonds is 2. The molecular weight excluding hydrogens is 346 g/mol. The molecule has 132 valence electrons. The highest BCUT2D eigenvalue weighted by atomic mass is 35.5. The zero-order chi connectivity index (χ0) is 17.5. The summed E-state index contributed by atoms with van der Waals surface area (Å²) in [5.74, 6) is 1.87. The Balaban J connectivity index is 1.44. The Morgan fingerprint density at radius 3 is 2.88 bits per heavy atom. The number of aryl methyl sites for hydroxylation is 1. The third kappa shape index (κ3) is 2.65. The highest BCUT2D eigenvalue weighted by Gasteiger charge is 2.30. The van der Waals surface area contributed by atoms with E-state index >= 15 is 0 Å². The van der Waals surface area contributed by atoms with E-state index in [0.29, 0.717) is 6.04 Å². The van der Waals surface area contributed by atoms with E-state index in [1.807, 2.05) is 30.3 Å². The molecule has 0 saturated carbocycles. The fourth-order valence-electron chi connectivity index (χ4n) is 4.08. The lowest BCUT2D eigenvalue weighted by Gasteiger charge is -2.39. The maximum absolute atomic E-state index is 6.35. The molecule has 1 aliphatic carbocycles. The number of nitrogens with one attached hydrogen (secondary N) is 1. The number of ether oxygens (including phenoxy) is 1. The molecule has 3 aromatic rings. The summed E-state index contributed by atoms with van der Waals surface area (Å²) in [4.78, 5) is 10.9. The van der Waals surface area contributed by atoms with Crippen LogP contribution in [0.1, 0.15) is 17.8 Å². The standard InChI is InChI=1S/C21H20ClN3O/c22-16-6-2-1-5-15(16)21-23-17-10-9-14(13-18(17)24-21)25-11-12-26-20-8-4-3-7-19(20)25/h1-8,14H,9-13H2,(H,23,24). The first-order valence-corrected chi connectivity index (χ1v) is 9.48. The smallest absolute Gasteiger partial charge is 0.142 e. The van der Waals surface area contributed by atoms with Crippen molar-refractivity contribution in [1.29, 1.82) is 0 Å². The van der Waals surface area contributed by atoms with Gasteiger partial charge in [0.2, 0.25) is 0 Å². The molecule has 26 heavy (non-hydrogen) atoms. The van der Waals surface area contributed by atoms with Crippen LogP contribution in [0.4, 0.5) is 5.69 Å². The third-order valence-electron chi connectivity index (χ3n) is 5.35. The molecule has 2 aromatic carbocycles. The van der Waals surface area contributed by atoms with Gasteiger partial charge in [0.15, 0.2) is 0 Å². The maximum Gasteiger partial charge on any atom is 0.142 e. The Morgan fingerprint density at radius 1 is 1.12 bits per heavy atom. The van der Waals surface area contributed by atoms with Gasteiger partial charge in [-0.05, 0) is 37.1 Å². The number of anilines is 1. The average molecular weight is 366 g/mol. The van der Waals surface area contributed by atoms with Gasteiger partial charge >= 0.3 is 0 Å². The Hall–Kier alpha value is -2.46. The van der Waals surface area contributed by atoms with E-state index in [2.05, 4.69) is 28.1 Å². The molecule has 1 unspecified atom stereocenters. The van der Waals surface area contributed by atoms with Crippen LogP contribution in [-0.2, 0) is 12.8 Å². The van der Waals surface area contributed by atoms with Crippen LogP contribution < -0.4 is 9.64 Å². The minimum Gasteiger partial charge on any atom is -0.490 e. The second kappa shape index (κ2) is 6.36. The highest BCUT2D eigenvalue weighted by molar-refractivity contribution is 6.33. The fourth-order valence-corrected chi connectivity index (χ4v) is 4.30. The van der Waals surface area contributed by atoms with Gasteiger partial charge in [0, 0.05) is 23.7 Å². The van der Waals surface area contributed by atoms with Gasteiger partial charge < -0.3 is 14.6 Å². The van der Waals surface area contributed by atoms with Crippen molar-refractivity contribution in [3.05, 3.63) is 64.9 Å². The summed E-state index contributed by atoms with van der Waals surface area (Å²) in [5.41, 5.74) is 4.59. The van der Waals surface area contributed by atoms with Crippen LogP contribution in [0.25, 0.3) is 11.4 Å². The summed E-state index contributed by atoms with van der Waals surface area (Å²) in [6.45, 7) is 1.68. The number of halogens is 1. The quantitative estimate of drug-likeness (QED) is 0.727. The number of fused-ring (bicyclic) bond motifs is 2. The second-order valence-electron chi connectivity index (χ2n) is 6.90. The zero-order valence-corrected chi connectivity index (χ0v) is 15.2. The molecule has 4 nitrogen and oxygen atoms in total. The van der Waals surface area contributed by atoms with Crippen molar-refractivity contribution in [3.63, 3.8) is 0 Å². The van der Waals surface area contributed by atoms with Crippen LogP contribution in [0.15, 0.2) is 48.5 Å². The first kappa shape index (κ1) is 15.8. The molecule has 5 rings (SSSR count). The van der Waals surface area contributed by atoms with Gasteiger partial charge in [-0.3, -0.25) is 0 Å². The summed E-state index contributed by atoms with van der Waals surface area (Å²) in [5, 5.41) is 0.734. The Bertz CT molecular complexity index is 952. The molecule has 0 radical (unpaired) electrons. The molecule has 0 saturated heterocycles. The van der Waals surface area contributed by atoms with Crippen molar-refractivity contribution in [2.75, 3.05) is 18.1 Å². The Morgan fingerprint density at radius 2 is 1.96 bits per heavy atom. The number of imidazole rings is 1. The van der Waals surface area contributed by atoms with Crippen LogP contribution >= 0.6 is 11.6 Å². The van der Waals surface area contributed by atoms with Crippen molar-refractivity contribution >= 4 is 17.3 Å². The van der Waals surface area contributed by atoms with E-state index in [1.165, 1.54) is 17.1 Å². The number of nitrogens with zero attached hydrogens (tertiary/aromatic N) is 2. The van der Waals surface area contributed by atoms with Crippen molar-refractivity contribution in [1.82, 2.24) is 9.97 Å². The summed E-state index contributed by atoms with van der Waals surface area (Å²) in [6, 6.07) is 16.7. The third-order valence-corrected chi connectivity index (χ3v) is 5.68. The number of benzene rings is 2. The average Bonchev–Trinajstić information content (AvgIpc) is 3.11. The molecule has 0 fully saturated rings. The van der Waals surface area contributed by atoms with Gasteiger partial charge in [0.05, 0.1) is 22.9 Å². The van der Waals surface area contributed by atoms with Crippen LogP contribution in [0.5, 0.6) is 5.75 Å². The van der Waals surface area contributed by atoms with Crippen molar-refractivity contribution < 1.29 is 4.74 Å². The number of aromatic amines is 1. The molecule has 2 aliphatic rings. The van der Waals surface area contributed by atoms with E-state index in [9.17, 15) is 0 Å². The number of H-pyrrole nitrogens is 1. The predicted molar refractivity (Wildman–Crippen MR) is 104 cm³/mol. The Kier molecular flexibility index (Phi) is 3.86. The van der Waals surface area contributed by atoms with E-state index in [-0.39, 0.29) is 0 Å². The largest absolute Gasteiger partial charge is 0.490 e. The van der Waals surface area contributed by atoms with Crippen molar-refractivity contribution in [2.45, 2.75) is 25.3 Å². The number of para-hydroxylation sites is 2. The summed E-state index contributed by atoms with van der Waals surface area (Å²) in [7, 11) is 0. The normalized spacial score (nSPS) is 18.8. The molecule has 0 spiro atoms. The molecule has 1 N–H and O–H groups in total. The molecule has 2 heterocycles. The van der Waals surface area contributed by atoms with Crippen LogP contribution in [0.2, 0.25) is 5.02 Å². The molecular formula is C21H20ClN3O. The van der Waals surface area contributed by atoms with E-state index in [0.717, 1.165) is 54.6 Å². The van der Waals surface area contributed by atoms with Gasteiger partial charge in [-0.15, -0.1) is 0 Å². The first-order chi connectivity index (χ1) is 12.8. The molecule has 0 amide bonds. The van der Waals surface area contributed by atoms with E-state index in [1.54, 1.807) is 0 Å². The van der Waals surface area contributed by atoms with Gasteiger partial charge in [-0.25, -0.2) is 4.98 Å². The topological polar surface area (TPSA) is 41.2 Å². The predicted octanol–water partition coefficient (Wildman–Crippen LogP) is 4.49. The lowest BCUT2D eigenvalue weighted by atomic mass is 9.94. The summed E-state index contributed by atoms with van der Waals surface area (Å²) >= 11 is 6.35. The Labute approximate surface area is 157 Å². The fraction of sp³-hybridized carbons (Fsp3) is 0.286. The van der Waals surface area contributed by atoms with Gasteiger partial charge in [0.25, 0.3) is 0 Å². The molecule has 5 heteroatoms. The summed E-state index contributed by atoms with van der Waals surface area (Å²) in [6.07, 6.45) is 3.07. The zero-order valence-electron chi connectivity index (χ0n) is 14.4.